The molecule has 0 aliphatic heterocycles. The fourth-order valence-electron chi connectivity index (χ4n) is 4.14. The van der Waals surface area contributed by atoms with Crippen LogP contribution in [0.2, 0.25) is 0 Å². The van der Waals surface area contributed by atoms with Gasteiger partial charge in [0.1, 0.15) is 0 Å². The summed E-state index contributed by atoms with van der Waals surface area (Å²) < 4.78 is 5.62. The van der Waals surface area contributed by atoms with E-state index in [1.807, 2.05) is 30.4 Å². The van der Waals surface area contributed by atoms with Gasteiger partial charge in [0.05, 0.1) is 5.95 Å². The SMILES string of the molecule is [O-]/C(OC/C=C/C1CCCCC1)=C1\C=CC=C1P(c1ccccc1)c1ccccc1. The highest BCUT2D eigenvalue weighted by molar-refractivity contribution is 7.77. The molecule has 154 valence electrons. The van der Waals surface area contributed by atoms with Crippen molar-refractivity contribution in [1.82, 2.24) is 0 Å². The highest BCUT2D eigenvalue weighted by atomic mass is 31.1. The van der Waals surface area contributed by atoms with Crippen LogP contribution in [0.25, 0.3) is 0 Å². The van der Waals surface area contributed by atoms with Crippen molar-refractivity contribution >= 4 is 18.5 Å². The number of benzene rings is 2. The predicted molar refractivity (Wildman–Crippen MR) is 125 cm³/mol. The van der Waals surface area contributed by atoms with E-state index in [1.165, 1.54) is 42.7 Å². The van der Waals surface area contributed by atoms with Crippen LogP contribution < -0.4 is 15.7 Å². The van der Waals surface area contributed by atoms with Crippen LogP contribution in [-0.2, 0) is 4.74 Å². The number of hydrogen-bond acceptors (Lipinski definition) is 2. The maximum atomic E-state index is 12.9. The van der Waals surface area contributed by atoms with Crippen LogP contribution in [-0.4, -0.2) is 6.61 Å². The monoisotopic (exact) mass is 415 g/mol. The molecule has 0 N–H and O–H groups in total. The molecule has 1 fully saturated rings. The topological polar surface area (TPSA) is 32.3 Å². The molecule has 0 atom stereocenters. The lowest BCUT2D eigenvalue weighted by Gasteiger charge is -2.25. The van der Waals surface area contributed by atoms with E-state index >= 15 is 0 Å². The van der Waals surface area contributed by atoms with Gasteiger partial charge >= 0.3 is 0 Å². The van der Waals surface area contributed by atoms with Crippen molar-refractivity contribution in [3.05, 3.63) is 108 Å². The molecule has 30 heavy (non-hydrogen) atoms. The zero-order valence-electron chi connectivity index (χ0n) is 17.2. The third-order valence-corrected chi connectivity index (χ3v) is 8.15. The minimum Gasteiger partial charge on any atom is -0.609 e. The van der Waals surface area contributed by atoms with Gasteiger partial charge in [-0.15, -0.1) is 0 Å². The van der Waals surface area contributed by atoms with Crippen molar-refractivity contribution in [1.29, 1.82) is 0 Å². The van der Waals surface area contributed by atoms with E-state index in [0.717, 1.165) is 5.31 Å². The first-order valence-electron chi connectivity index (χ1n) is 10.8. The Kier molecular flexibility index (Phi) is 7.21. The fourth-order valence-corrected chi connectivity index (χ4v) is 6.57. The molecule has 2 nitrogen and oxygen atoms in total. The molecule has 2 aliphatic rings. The summed E-state index contributed by atoms with van der Waals surface area (Å²) in [6.45, 7) is 0.342. The molecule has 0 saturated heterocycles. The fraction of sp³-hybridized carbons (Fsp3) is 0.259. The van der Waals surface area contributed by atoms with E-state index in [9.17, 15) is 5.11 Å². The molecule has 2 aliphatic carbocycles. The summed E-state index contributed by atoms with van der Waals surface area (Å²) in [5.41, 5.74) is 0.680. The Labute approximate surface area is 181 Å². The molecule has 0 radical (unpaired) electrons. The summed E-state index contributed by atoms with van der Waals surface area (Å²) in [6.07, 6.45) is 16.7. The number of rotatable bonds is 7. The predicted octanol–water partition coefficient (Wildman–Crippen LogP) is 5.30. The normalized spacial score (nSPS) is 18.8. The molecule has 0 spiro atoms. The molecule has 2 aromatic carbocycles. The summed E-state index contributed by atoms with van der Waals surface area (Å²) >= 11 is 0. The van der Waals surface area contributed by atoms with Gasteiger partial charge in [-0.1, -0.05) is 110 Å². The number of ether oxygens (including phenoxy) is 1. The maximum Gasteiger partial charge on any atom is 0.0596 e. The van der Waals surface area contributed by atoms with Crippen LogP contribution in [0.4, 0.5) is 0 Å². The van der Waals surface area contributed by atoms with E-state index in [-0.39, 0.29) is 5.95 Å². The molecule has 0 bridgehead atoms. The van der Waals surface area contributed by atoms with Gasteiger partial charge < -0.3 is 9.84 Å². The second kappa shape index (κ2) is 10.5. The third-order valence-electron chi connectivity index (χ3n) is 5.65. The van der Waals surface area contributed by atoms with Crippen molar-refractivity contribution in [2.75, 3.05) is 6.61 Å². The van der Waals surface area contributed by atoms with Gasteiger partial charge in [-0.2, -0.15) is 0 Å². The lowest BCUT2D eigenvalue weighted by atomic mass is 9.89. The highest BCUT2D eigenvalue weighted by Crippen LogP contribution is 2.49. The molecule has 1 saturated carbocycles. The Morgan fingerprint density at radius 2 is 1.57 bits per heavy atom. The van der Waals surface area contributed by atoms with E-state index in [4.69, 9.17) is 4.74 Å². The molecule has 0 heterocycles. The molecule has 0 amide bonds. The van der Waals surface area contributed by atoms with Gasteiger partial charge in [-0.05, 0) is 42.6 Å². The zero-order valence-corrected chi connectivity index (χ0v) is 18.1. The summed E-state index contributed by atoms with van der Waals surface area (Å²) in [6, 6.07) is 20.9. The van der Waals surface area contributed by atoms with Crippen LogP contribution in [0.5, 0.6) is 0 Å². The van der Waals surface area contributed by atoms with E-state index in [1.54, 1.807) is 0 Å². The highest BCUT2D eigenvalue weighted by Gasteiger charge is 2.23. The van der Waals surface area contributed by atoms with Crippen LogP contribution in [0.15, 0.2) is 108 Å². The molecule has 0 aromatic heterocycles. The molecular formula is C27H28O2P-. The van der Waals surface area contributed by atoms with Crippen molar-refractivity contribution < 1.29 is 9.84 Å². The smallest absolute Gasteiger partial charge is 0.0596 e. The largest absolute Gasteiger partial charge is 0.609 e. The molecule has 2 aromatic rings. The molecule has 3 heteroatoms. The van der Waals surface area contributed by atoms with E-state index in [2.05, 4.69) is 60.7 Å². The van der Waals surface area contributed by atoms with Crippen molar-refractivity contribution in [2.24, 2.45) is 5.92 Å². The lowest BCUT2D eigenvalue weighted by Crippen LogP contribution is -2.16. The quantitative estimate of drug-likeness (QED) is 0.349. The van der Waals surface area contributed by atoms with Crippen molar-refractivity contribution in [3.63, 3.8) is 0 Å². The first-order chi connectivity index (χ1) is 14.8. The summed E-state index contributed by atoms with van der Waals surface area (Å²) in [5.74, 6) is 0.415. The minimum atomic E-state index is -0.810. The maximum absolute atomic E-state index is 12.9. The molecule has 0 unspecified atom stereocenters. The van der Waals surface area contributed by atoms with Crippen LogP contribution in [0, 0.1) is 5.92 Å². The van der Waals surface area contributed by atoms with E-state index in [0.29, 0.717) is 18.1 Å². The van der Waals surface area contributed by atoms with Crippen molar-refractivity contribution in [2.45, 2.75) is 32.1 Å². The van der Waals surface area contributed by atoms with Crippen LogP contribution in [0.1, 0.15) is 32.1 Å². The average molecular weight is 415 g/mol. The lowest BCUT2D eigenvalue weighted by molar-refractivity contribution is -0.356. The Morgan fingerprint density at radius 1 is 0.933 bits per heavy atom. The third kappa shape index (κ3) is 5.12. The van der Waals surface area contributed by atoms with Gasteiger partial charge in [0.25, 0.3) is 0 Å². The first kappa shape index (κ1) is 20.7. The van der Waals surface area contributed by atoms with Gasteiger partial charge in [0, 0.05) is 12.2 Å². The summed E-state index contributed by atoms with van der Waals surface area (Å²) in [5, 5.41) is 16.4. The van der Waals surface area contributed by atoms with Gasteiger partial charge in [-0.25, -0.2) is 0 Å². The second-order valence-electron chi connectivity index (χ2n) is 7.76. The average Bonchev–Trinajstić information content (AvgIpc) is 3.28. The Bertz CT molecular complexity index is 896. The van der Waals surface area contributed by atoms with Gasteiger partial charge in [0.2, 0.25) is 0 Å². The molecular weight excluding hydrogens is 387 g/mol. The van der Waals surface area contributed by atoms with Gasteiger partial charge in [0.15, 0.2) is 0 Å². The number of allylic oxidation sites excluding steroid dienone is 6. The number of hydrogen-bond donors (Lipinski definition) is 0. The van der Waals surface area contributed by atoms with Crippen LogP contribution in [0.3, 0.4) is 0 Å². The molecule has 4 rings (SSSR count). The summed E-state index contributed by atoms with van der Waals surface area (Å²) in [4.78, 5) is 0. The minimum absolute atomic E-state index is 0.234. The van der Waals surface area contributed by atoms with E-state index < -0.39 is 7.92 Å². The second-order valence-corrected chi connectivity index (χ2v) is 9.94. The first-order valence-corrected chi connectivity index (χ1v) is 12.2. The van der Waals surface area contributed by atoms with Crippen molar-refractivity contribution in [3.8, 4) is 0 Å². The van der Waals surface area contributed by atoms with Gasteiger partial charge in [-0.3, -0.25) is 0 Å². The Morgan fingerprint density at radius 3 is 2.20 bits per heavy atom. The standard InChI is InChI=1S/C27H29O2P/c28-27(29-21-11-14-22-12-4-1-5-13-22)25-19-10-20-26(25)30(23-15-6-2-7-16-23)24-17-8-3-9-18-24/h2-3,6-11,14-20,22,28H,1,4-5,12-13,21H2/p-1/b14-11+,27-25-. The Hall–Kier alpha value is -2.57. The Balaban J connectivity index is 1.52. The zero-order chi connectivity index (χ0) is 20.6. The summed E-state index contributed by atoms with van der Waals surface area (Å²) in [7, 11) is -0.810. The van der Waals surface area contributed by atoms with Crippen LogP contribution >= 0.6 is 7.92 Å².